The van der Waals surface area contributed by atoms with E-state index in [9.17, 15) is 9.59 Å². The van der Waals surface area contributed by atoms with Crippen molar-refractivity contribution in [2.45, 2.75) is 130 Å². The summed E-state index contributed by atoms with van der Waals surface area (Å²) in [6, 6.07) is 0. The molecule has 0 aromatic heterocycles. The lowest BCUT2D eigenvalue weighted by molar-refractivity contribution is -0.108. The fraction of sp³-hybridized carbons (Fsp3) is 0.840. The summed E-state index contributed by atoms with van der Waals surface area (Å²) in [5.74, 6) is 0.696. The Hall–Kier alpha value is -0.920. The van der Waals surface area contributed by atoms with Gasteiger partial charge in [0, 0.05) is 12.8 Å². The molecular formula is C25H50O2. The van der Waals surface area contributed by atoms with E-state index in [4.69, 9.17) is 0 Å². The third-order valence-electron chi connectivity index (χ3n) is 4.52. The number of hydrogen-bond acceptors (Lipinski definition) is 2. The molecule has 2 nitrogen and oxygen atoms in total. The number of unbranched alkanes of at least 4 members (excludes halogenated alkanes) is 10. The zero-order valence-corrected chi connectivity index (χ0v) is 19.1. The fourth-order valence-electron chi connectivity index (χ4n) is 2.72. The van der Waals surface area contributed by atoms with Crippen LogP contribution in [0, 0.1) is 5.92 Å². The van der Waals surface area contributed by atoms with E-state index in [0.29, 0.717) is 5.92 Å². The molecule has 0 saturated carbocycles. The molecule has 0 aliphatic carbocycles. The molecule has 0 aromatic carbocycles. The van der Waals surface area contributed by atoms with E-state index in [1.54, 1.807) is 0 Å². The van der Waals surface area contributed by atoms with Gasteiger partial charge in [0.25, 0.3) is 0 Å². The van der Waals surface area contributed by atoms with Gasteiger partial charge >= 0.3 is 0 Å². The summed E-state index contributed by atoms with van der Waals surface area (Å²) in [6.45, 7) is 12.7. The molecule has 0 aromatic rings. The largest absolute Gasteiger partial charge is 0.303 e. The Kier molecular flexibility index (Phi) is 37.3. The summed E-state index contributed by atoms with van der Waals surface area (Å²) >= 11 is 0. The van der Waals surface area contributed by atoms with E-state index in [1.807, 2.05) is 0 Å². The van der Waals surface area contributed by atoms with Crippen LogP contribution in [0.1, 0.15) is 130 Å². The zero-order valence-electron chi connectivity index (χ0n) is 19.1. The molecule has 0 radical (unpaired) electrons. The third kappa shape index (κ3) is 36.7. The normalized spacial score (nSPS) is 10.7. The van der Waals surface area contributed by atoms with Gasteiger partial charge in [0.2, 0.25) is 0 Å². The molecule has 2 heteroatoms. The summed E-state index contributed by atoms with van der Waals surface area (Å²) < 4.78 is 0. The minimum atomic E-state index is 0.696. The minimum Gasteiger partial charge on any atom is -0.303 e. The summed E-state index contributed by atoms with van der Waals surface area (Å²) in [6.07, 6.45) is 23.1. The van der Waals surface area contributed by atoms with Crippen molar-refractivity contribution in [2.24, 2.45) is 5.92 Å². The molecule has 0 spiro atoms. The Morgan fingerprint density at radius 3 is 1.41 bits per heavy atom. The van der Waals surface area contributed by atoms with E-state index in [1.165, 1.54) is 77.0 Å². The number of hydrogen-bond donors (Lipinski definition) is 0. The van der Waals surface area contributed by atoms with Crippen molar-refractivity contribution in [3.8, 4) is 0 Å². The average molecular weight is 383 g/mol. The molecule has 0 fully saturated rings. The molecule has 27 heavy (non-hydrogen) atoms. The van der Waals surface area contributed by atoms with Crippen molar-refractivity contribution >= 4 is 12.6 Å². The second-order valence-corrected chi connectivity index (χ2v) is 7.31. The van der Waals surface area contributed by atoms with Crippen LogP contribution >= 0.6 is 0 Å². The van der Waals surface area contributed by atoms with Crippen LogP contribution in [-0.2, 0) is 9.59 Å². The first-order valence-corrected chi connectivity index (χ1v) is 11.7. The molecule has 0 saturated heterocycles. The van der Waals surface area contributed by atoms with Gasteiger partial charge in [0.1, 0.15) is 12.6 Å². The van der Waals surface area contributed by atoms with Crippen LogP contribution in [0.3, 0.4) is 0 Å². The molecule has 0 amide bonds. The van der Waals surface area contributed by atoms with Crippen molar-refractivity contribution in [3.05, 3.63) is 12.7 Å². The first kappa shape index (κ1) is 30.8. The van der Waals surface area contributed by atoms with E-state index in [-0.39, 0.29) is 0 Å². The van der Waals surface area contributed by atoms with Gasteiger partial charge < -0.3 is 9.59 Å². The zero-order chi connectivity index (χ0) is 21.0. The predicted molar refractivity (Wildman–Crippen MR) is 122 cm³/mol. The van der Waals surface area contributed by atoms with Gasteiger partial charge in [0.15, 0.2) is 0 Å². The maximum atomic E-state index is 10.0. The van der Waals surface area contributed by atoms with E-state index < -0.39 is 0 Å². The third-order valence-corrected chi connectivity index (χ3v) is 4.52. The first-order valence-electron chi connectivity index (χ1n) is 11.7. The van der Waals surface area contributed by atoms with Crippen molar-refractivity contribution < 1.29 is 9.59 Å². The van der Waals surface area contributed by atoms with Gasteiger partial charge in [0.05, 0.1) is 0 Å². The molecular weight excluding hydrogens is 332 g/mol. The van der Waals surface area contributed by atoms with Crippen LogP contribution in [0.5, 0.6) is 0 Å². The minimum absolute atomic E-state index is 0.696. The topological polar surface area (TPSA) is 34.1 Å². The van der Waals surface area contributed by atoms with Crippen LogP contribution in [0.4, 0.5) is 0 Å². The van der Waals surface area contributed by atoms with Crippen molar-refractivity contribution in [1.82, 2.24) is 0 Å². The maximum absolute atomic E-state index is 10.0. The van der Waals surface area contributed by atoms with Crippen molar-refractivity contribution in [1.29, 1.82) is 0 Å². The Morgan fingerprint density at radius 1 is 0.593 bits per heavy atom. The van der Waals surface area contributed by atoms with Gasteiger partial charge in [-0.05, 0) is 31.6 Å². The highest BCUT2D eigenvalue weighted by Crippen LogP contribution is 2.16. The standard InChI is InChI=1S/C12H22O.C7H14O.C6H14/c1-3-9-12(4-2)10-7-5-6-8-11-13;1-2-3-4-5-6-7-8;1-3-5-6-4-2/h4,11-12H,2-3,5-10H2,1H3;7H,2-6H2,1H3;3-6H2,1-2H3. The van der Waals surface area contributed by atoms with E-state index >= 15 is 0 Å². The number of aldehydes is 2. The van der Waals surface area contributed by atoms with Crippen molar-refractivity contribution in [2.75, 3.05) is 0 Å². The van der Waals surface area contributed by atoms with Gasteiger partial charge in [-0.15, -0.1) is 6.58 Å². The SMILES string of the molecule is C=CC(CCC)CCCCCC=O.CCCCCC.CCCCCCC=O. The molecule has 0 heterocycles. The molecule has 0 bridgehead atoms. The van der Waals surface area contributed by atoms with Gasteiger partial charge in [-0.1, -0.05) is 98.0 Å². The Bertz CT molecular complexity index is 269. The molecule has 162 valence electrons. The molecule has 1 atom stereocenters. The summed E-state index contributed by atoms with van der Waals surface area (Å²) in [5, 5.41) is 0. The Labute approximate surface area is 171 Å². The number of carbonyl (C=O) groups is 2. The quantitative estimate of drug-likeness (QED) is 0.143. The van der Waals surface area contributed by atoms with Crippen LogP contribution < -0.4 is 0 Å². The average Bonchev–Trinajstić information content (AvgIpc) is 2.69. The summed E-state index contributed by atoms with van der Waals surface area (Å²) in [5.41, 5.74) is 0. The fourth-order valence-corrected chi connectivity index (χ4v) is 2.72. The number of allylic oxidation sites excluding steroid dienone is 1. The highest BCUT2D eigenvalue weighted by atomic mass is 16.1. The van der Waals surface area contributed by atoms with E-state index in [2.05, 4.69) is 40.3 Å². The highest BCUT2D eigenvalue weighted by Gasteiger charge is 2.01. The lowest BCUT2D eigenvalue weighted by Crippen LogP contribution is -1.95. The maximum Gasteiger partial charge on any atom is 0.119 e. The molecule has 1 unspecified atom stereocenters. The molecule has 0 rings (SSSR count). The van der Waals surface area contributed by atoms with Crippen molar-refractivity contribution in [3.63, 3.8) is 0 Å². The number of carbonyl (C=O) groups excluding carboxylic acids is 2. The summed E-state index contributed by atoms with van der Waals surface area (Å²) in [4.78, 5) is 19.8. The molecule has 0 aliphatic rings. The molecule has 0 aliphatic heterocycles. The van der Waals surface area contributed by atoms with Crippen LogP contribution in [-0.4, -0.2) is 12.6 Å². The van der Waals surface area contributed by atoms with Crippen LogP contribution in [0.15, 0.2) is 12.7 Å². The van der Waals surface area contributed by atoms with Gasteiger partial charge in [-0.3, -0.25) is 0 Å². The highest BCUT2D eigenvalue weighted by molar-refractivity contribution is 5.49. The van der Waals surface area contributed by atoms with Gasteiger partial charge in [-0.2, -0.15) is 0 Å². The lowest BCUT2D eigenvalue weighted by atomic mass is 9.96. The lowest BCUT2D eigenvalue weighted by Gasteiger charge is -2.09. The first-order chi connectivity index (χ1) is 13.2. The second-order valence-electron chi connectivity index (χ2n) is 7.31. The van der Waals surface area contributed by atoms with Crippen LogP contribution in [0.25, 0.3) is 0 Å². The van der Waals surface area contributed by atoms with E-state index in [0.717, 1.165) is 38.3 Å². The Balaban J connectivity index is -0.000000351. The van der Waals surface area contributed by atoms with Gasteiger partial charge in [-0.25, -0.2) is 0 Å². The monoisotopic (exact) mass is 382 g/mol. The van der Waals surface area contributed by atoms with Crippen LogP contribution in [0.2, 0.25) is 0 Å². The summed E-state index contributed by atoms with van der Waals surface area (Å²) in [7, 11) is 0. The smallest absolute Gasteiger partial charge is 0.119 e. The predicted octanol–water partition coefficient (Wildman–Crippen LogP) is 8.48. The Morgan fingerprint density at radius 2 is 1.04 bits per heavy atom. The molecule has 0 N–H and O–H groups in total. The number of rotatable bonds is 17. The second kappa shape index (κ2) is 32.7.